The molecule has 1 aliphatic heterocycles. The smallest absolute Gasteiger partial charge is 0.318 e. The predicted octanol–water partition coefficient (Wildman–Crippen LogP) is 1.79. The lowest BCUT2D eigenvalue weighted by Crippen LogP contribution is -2.46. The molecule has 5 heteroatoms. The number of amides is 2. The van der Waals surface area contributed by atoms with Crippen LogP contribution in [0.25, 0.3) is 0 Å². The highest BCUT2D eigenvalue weighted by molar-refractivity contribution is 5.82. The Morgan fingerprint density at radius 3 is 2.76 bits per heavy atom. The standard InChI is InChI=1S/C16H22N2O3/c1-21-14-4-2-12(3-5-14)10-18-11-16(17-15(18)20)8-6-13(19)7-9-16/h2-4,14H,5-11H2,1H3,(H,17,20). The summed E-state index contributed by atoms with van der Waals surface area (Å²) in [6.45, 7) is 1.34. The van der Waals surface area contributed by atoms with Crippen LogP contribution in [0.2, 0.25) is 0 Å². The Morgan fingerprint density at radius 2 is 2.14 bits per heavy atom. The van der Waals surface area contributed by atoms with Crippen LogP contribution in [0, 0.1) is 0 Å². The molecule has 1 unspecified atom stereocenters. The summed E-state index contributed by atoms with van der Waals surface area (Å²) in [6.07, 6.45) is 9.95. The molecule has 1 saturated heterocycles. The van der Waals surface area contributed by atoms with E-state index in [1.54, 1.807) is 7.11 Å². The number of nitrogens with zero attached hydrogens (tertiary/aromatic N) is 1. The molecule has 5 nitrogen and oxygen atoms in total. The van der Waals surface area contributed by atoms with Crippen LogP contribution >= 0.6 is 0 Å². The quantitative estimate of drug-likeness (QED) is 0.862. The van der Waals surface area contributed by atoms with E-state index in [9.17, 15) is 9.59 Å². The second-order valence-electron chi connectivity index (χ2n) is 6.25. The van der Waals surface area contributed by atoms with Crippen molar-refractivity contribution in [1.29, 1.82) is 0 Å². The number of hydrogen-bond donors (Lipinski definition) is 1. The molecule has 1 saturated carbocycles. The topological polar surface area (TPSA) is 58.6 Å². The summed E-state index contributed by atoms with van der Waals surface area (Å²) in [5, 5.41) is 3.11. The Hall–Kier alpha value is -1.62. The lowest BCUT2D eigenvalue weighted by Gasteiger charge is -2.31. The van der Waals surface area contributed by atoms with E-state index in [4.69, 9.17) is 4.74 Å². The summed E-state index contributed by atoms with van der Waals surface area (Å²) >= 11 is 0. The molecule has 2 aliphatic carbocycles. The minimum Gasteiger partial charge on any atom is -0.377 e. The highest BCUT2D eigenvalue weighted by Crippen LogP contribution is 2.31. The minimum absolute atomic E-state index is 0.00693. The summed E-state index contributed by atoms with van der Waals surface area (Å²) in [6, 6.07) is -0.00693. The zero-order chi connectivity index (χ0) is 14.9. The van der Waals surface area contributed by atoms with Gasteiger partial charge in [0.2, 0.25) is 0 Å². The summed E-state index contributed by atoms with van der Waals surface area (Å²) in [4.78, 5) is 25.4. The maximum Gasteiger partial charge on any atom is 0.318 e. The van der Waals surface area contributed by atoms with Gasteiger partial charge in [0, 0.05) is 33.0 Å². The number of urea groups is 1. The van der Waals surface area contributed by atoms with Gasteiger partial charge in [-0.3, -0.25) is 4.79 Å². The molecule has 1 spiro atoms. The molecule has 0 aromatic carbocycles. The number of rotatable bonds is 3. The zero-order valence-corrected chi connectivity index (χ0v) is 12.4. The molecule has 3 rings (SSSR count). The van der Waals surface area contributed by atoms with Crippen LogP contribution in [0.4, 0.5) is 4.79 Å². The van der Waals surface area contributed by atoms with E-state index in [-0.39, 0.29) is 17.7 Å². The number of nitrogens with one attached hydrogen (secondary N) is 1. The SMILES string of the molecule is COC1C=CC(CN2CC3(CCC(=O)CC3)NC2=O)=CC1. The maximum absolute atomic E-state index is 12.2. The van der Waals surface area contributed by atoms with Gasteiger partial charge in [-0.15, -0.1) is 0 Å². The van der Waals surface area contributed by atoms with Crippen molar-refractivity contribution in [2.45, 2.75) is 43.7 Å². The fourth-order valence-electron chi connectivity index (χ4n) is 3.36. The first-order chi connectivity index (χ1) is 10.1. The summed E-state index contributed by atoms with van der Waals surface area (Å²) in [5.41, 5.74) is 0.973. The molecular formula is C16H22N2O3. The molecule has 1 N–H and O–H groups in total. The first kappa shape index (κ1) is 14.3. The number of ether oxygens (including phenoxy) is 1. The van der Waals surface area contributed by atoms with Gasteiger partial charge in [-0.25, -0.2) is 4.79 Å². The molecule has 21 heavy (non-hydrogen) atoms. The summed E-state index contributed by atoms with van der Waals surface area (Å²) in [7, 11) is 1.70. The lowest BCUT2D eigenvalue weighted by atomic mass is 9.82. The average Bonchev–Trinajstić information content (AvgIpc) is 2.79. The number of Topliss-reactive ketones (excluding diaryl/α,β-unsaturated/α-hetero) is 1. The van der Waals surface area contributed by atoms with Crippen LogP contribution < -0.4 is 5.32 Å². The largest absolute Gasteiger partial charge is 0.377 e. The zero-order valence-electron chi connectivity index (χ0n) is 12.4. The molecule has 0 aromatic rings. The molecular weight excluding hydrogens is 268 g/mol. The van der Waals surface area contributed by atoms with E-state index in [0.29, 0.717) is 31.7 Å². The Labute approximate surface area is 125 Å². The summed E-state index contributed by atoms with van der Waals surface area (Å²) < 4.78 is 5.27. The first-order valence-electron chi connectivity index (χ1n) is 7.59. The van der Waals surface area contributed by atoms with E-state index >= 15 is 0 Å². The molecule has 3 aliphatic rings. The molecule has 1 atom stereocenters. The van der Waals surface area contributed by atoms with Gasteiger partial charge in [0.25, 0.3) is 0 Å². The molecule has 2 amide bonds. The highest BCUT2D eigenvalue weighted by Gasteiger charge is 2.44. The van der Waals surface area contributed by atoms with E-state index in [1.165, 1.54) is 0 Å². The average molecular weight is 290 g/mol. The van der Waals surface area contributed by atoms with Gasteiger partial charge in [-0.1, -0.05) is 18.2 Å². The fourth-order valence-corrected chi connectivity index (χ4v) is 3.36. The third-order valence-electron chi connectivity index (χ3n) is 4.73. The van der Waals surface area contributed by atoms with Crippen LogP contribution in [-0.4, -0.2) is 48.6 Å². The van der Waals surface area contributed by atoms with Gasteiger partial charge >= 0.3 is 6.03 Å². The Bertz CT molecular complexity index is 500. The number of carbonyl (C=O) groups is 2. The van der Waals surface area contributed by atoms with Gasteiger partial charge in [0.1, 0.15) is 5.78 Å². The highest BCUT2D eigenvalue weighted by atomic mass is 16.5. The van der Waals surface area contributed by atoms with Gasteiger partial charge in [0.05, 0.1) is 11.6 Å². The number of hydrogen-bond acceptors (Lipinski definition) is 3. The van der Waals surface area contributed by atoms with Crippen molar-refractivity contribution in [3.8, 4) is 0 Å². The third-order valence-corrected chi connectivity index (χ3v) is 4.73. The van der Waals surface area contributed by atoms with Crippen molar-refractivity contribution >= 4 is 11.8 Å². The summed E-state index contributed by atoms with van der Waals surface area (Å²) in [5.74, 6) is 0.317. The minimum atomic E-state index is -0.182. The second-order valence-corrected chi connectivity index (χ2v) is 6.25. The second kappa shape index (κ2) is 5.64. The fraction of sp³-hybridized carbons (Fsp3) is 0.625. The van der Waals surface area contributed by atoms with Crippen LogP contribution in [0.3, 0.4) is 0 Å². The molecule has 2 fully saturated rings. The maximum atomic E-state index is 12.2. The van der Waals surface area contributed by atoms with Crippen molar-refractivity contribution < 1.29 is 14.3 Å². The van der Waals surface area contributed by atoms with Gasteiger partial charge in [-0.05, 0) is 24.8 Å². The van der Waals surface area contributed by atoms with Crippen molar-refractivity contribution in [1.82, 2.24) is 10.2 Å². The number of methoxy groups -OCH3 is 1. The number of ketones is 1. The van der Waals surface area contributed by atoms with Crippen molar-refractivity contribution in [3.63, 3.8) is 0 Å². The lowest BCUT2D eigenvalue weighted by molar-refractivity contribution is -0.121. The van der Waals surface area contributed by atoms with Crippen LogP contribution in [0.5, 0.6) is 0 Å². The van der Waals surface area contributed by atoms with E-state index in [2.05, 4.69) is 11.4 Å². The van der Waals surface area contributed by atoms with E-state index in [0.717, 1.165) is 24.8 Å². The molecule has 0 aromatic heterocycles. The Kier molecular flexibility index (Phi) is 3.85. The van der Waals surface area contributed by atoms with Gasteiger partial charge < -0.3 is 15.0 Å². The third kappa shape index (κ3) is 3.02. The van der Waals surface area contributed by atoms with Gasteiger partial charge in [-0.2, -0.15) is 0 Å². The molecule has 114 valence electrons. The van der Waals surface area contributed by atoms with Crippen LogP contribution in [0.15, 0.2) is 23.8 Å². The van der Waals surface area contributed by atoms with Crippen LogP contribution in [-0.2, 0) is 9.53 Å². The Balaban J connectivity index is 1.60. The van der Waals surface area contributed by atoms with Crippen LogP contribution in [0.1, 0.15) is 32.1 Å². The van der Waals surface area contributed by atoms with Crippen molar-refractivity contribution in [2.75, 3.05) is 20.2 Å². The normalized spacial score (nSPS) is 28.0. The van der Waals surface area contributed by atoms with Crippen molar-refractivity contribution in [3.05, 3.63) is 23.8 Å². The number of carbonyl (C=O) groups excluding carboxylic acids is 2. The predicted molar refractivity (Wildman–Crippen MR) is 78.9 cm³/mol. The first-order valence-corrected chi connectivity index (χ1v) is 7.59. The van der Waals surface area contributed by atoms with E-state index < -0.39 is 0 Å². The molecule has 0 bridgehead atoms. The Morgan fingerprint density at radius 1 is 1.38 bits per heavy atom. The van der Waals surface area contributed by atoms with E-state index in [1.807, 2.05) is 17.1 Å². The molecule has 0 radical (unpaired) electrons. The van der Waals surface area contributed by atoms with Crippen molar-refractivity contribution in [2.24, 2.45) is 0 Å². The van der Waals surface area contributed by atoms with Gasteiger partial charge in [0.15, 0.2) is 0 Å². The monoisotopic (exact) mass is 290 g/mol. The molecule has 1 heterocycles.